The zero-order chi connectivity index (χ0) is 26.2. The summed E-state index contributed by atoms with van der Waals surface area (Å²) in [5.41, 5.74) is 0.927. The molecule has 1 aromatic carbocycles. The Morgan fingerprint density at radius 3 is 2.47 bits per heavy atom. The van der Waals surface area contributed by atoms with Crippen molar-refractivity contribution in [1.82, 2.24) is 9.80 Å². The largest absolute Gasteiger partial charge is 0.504 e. The van der Waals surface area contributed by atoms with Crippen molar-refractivity contribution < 1.29 is 29.0 Å². The second kappa shape index (κ2) is 8.48. The Bertz CT molecular complexity index is 1220. The van der Waals surface area contributed by atoms with Gasteiger partial charge in [0.15, 0.2) is 21.2 Å². The number of allylic oxidation sites excluding steroid dienone is 2. The van der Waals surface area contributed by atoms with E-state index >= 15 is 0 Å². The zero-order valence-corrected chi connectivity index (χ0v) is 21.8. The number of aromatic hydroxyl groups is 1. The predicted octanol–water partition coefficient (Wildman–Crippen LogP) is 3.19. The maximum atomic E-state index is 13.6. The van der Waals surface area contributed by atoms with E-state index in [9.17, 15) is 24.3 Å². The average Bonchev–Trinajstić information content (AvgIpc) is 3.16. The lowest BCUT2D eigenvalue weighted by molar-refractivity contribution is -0.141. The van der Waals surface area contributed by atoms with E-state index in [1.807, 2.05) is 13.0 Å². The molecule has 2 heterocycles. The molecule has 1 N–H and O–H groups in total. The lowest BCUT2D eigenvalue weighted by atomic mass is 9.56. The molecule has 5 rings (SSSR count). The first-order valence-corrected chi connectivity index (χ1v) is 13.0. The lowest BCUT2D eigenvalue weighted by Gasteiger charge is -2.50. The van der Waals surface area contributed by atoms with Crippen molar-refractivity contribution >= 4 is 46.8 Å². The maximum Gasteiger partial charge on any atom is 0.253 e. The highest BCUT2D eigenvalue weighted by Crippen LogP contribution is 2.66. The number of phenolic OH excluding ortho intramolecular Hbond substituents is 1. The van der Waals surface area contributed by atoms with Crippen LogP contribution < -0.4 is 4.74 Å². The normalized spacial score (nSPS) is 35.5. The molecule has 4 amide bonds. The third-order valence-corrected chi connectivity index (χ3v) is 9.61. The molecule has 4 aliphatic rings. The van der Waals surface area contributed by atoms with E-state index in [0.29, 0.717) is 31.6 Å². The number of fused-ring (bicyclic) bond motifs is 4. The standard InChI is InChI=1S/C26H28Cl2N2O6/c1-4-11-30-21(32)14-10-9-13-16(18(14)22(30)33)12-25(27)23(34)29(3)24(35)26(25,28)19(13)15-7-6-8-17(20(15)31)36-5-2/h6-9,14,16,18-19,31H,4-5,10-12H2,1-3H3/t14-,16+,18-,19+,25+,26-/m0/s1. The summed E-state index contributed by atoms with van der Waals surface area (Å²) in [6, 6.07) is 4.89. The summed E-state index contributed by atoms with van der Waals surface area (Å²) in [6.45, 7) is 4.29. The van der Waals surface area contributed by atoms with Crippen molar-refractivity contribution in [3.8, 4) is 11.5 Å². The summed E-state index contributed by atoms with van der Waals surface area (Å²) < 4.78 is 5.57. The van der Waals surface area contributed by atoms with Crippen LogP contribution in [0.3, 0.4) is 0 Å². The number of rotatable bonds is 5. The number of hydrogen-bond donors (Lipinski definition) is 1. The Kier molecular flexibility index (Phi) is 5.91. The summed E-state index contributed by atoms with van der Waals surface area (Å²) in [4.78, 5) is 52.0. The topological polar surface area (TPSA) is 104 Å². The second-order valence-electron chi connectivity index (χ2n) is 9.95. The molecule has 1 aromatic rings. The molecule has 2 aliphatic carbocycles. The van der Waals surface area contributed by atoms with E-state index in [2.05, 4.69) is 0 Å². The maximum absolute atomic E-state index is 13.6. The molecule has 36 heavy (non-hydrogen) atoms. The first-order valence-electron chi connectivity index (χ1n) is 12.2. The van der Waals surface area contributed by atoms with Gasteiger partial charge in [-0.15, -0.1) is 23.2 Å². The van der Waals surface area contributed by atoms with E-state index in [1.165, 1.54) is 11.9 Å². The van der Waals surface area contributed by atoms with Crippen LogP contribution in [0.2, 0.25) is 0 Å². The van der Waals surface area contributed by atoms with Gasteiger partial charge < -0.3 is 9.84 Å². The fourth-order valence-corrected chi connectivity index (χ4v) is 7.65. The van der Waals surface area contributed by atoms with E-state index < -0.39 is 45.2 Å². The minimum atomic E-state index is -1.94. The van der Waals surface area contributed by atoms with Gasteiger partial charge in [0.1, 0.15) is 0 Å². The molecule has 192 valence electrons. The summed E-state index contributed by atoms with van der Waals surface area (Å²) in [5.74, 6) is -4.73. The highest BCUT2D eigenvalue weighted by atomic mass is 35.5. The van der Waals surface area contributed by atoms with Crippen LogP contribution in [0.1, 0.15) is 44.6 Å². The van der Waals surface area contributed by atoms with E-state index in [4.69, 9.17) is 27.9 Å². The Morgan fingerprint density at radius 1 is 1.08 bits per heavy atom. The average molecular weight is 535 g/mol. The molecule has 0 radical (unpaired) electrons. The summed E-state index contributed by atoms with van der Waals surface area (Å²) >= 11 is 14.2. The van der Waals surface area contributed by atoms with Gasteiger partial charge in [-0.25, -0.2) is 0 Å². The Morgan fingerprint density at radius 2 is 1.81 bits per heavy atom. The van der Waals surface area contributed by atoms with Crippen LogP contribution in [0.5, 0.6) is 11.5 Å². The van der Waals surface area contributed by atoms with Gasteiger partial charge in [0.05, 0.1) is 18.4 Å². The van der Waals surface area contributed by atoms with E-state index in [-0.39, 0.29) is 35.3 Å². The number of likely N-dealkylation sites (tertiary alicyclic amines) is 2. The van der Waals surface area contributed by atoms with Crippen LogP contribution in [-0.2, 0) is 19.2 Å². The number of benzene rings is 1. The molecule has 8 nitrogen and oxygen atoms in total. The first kappa shape index (κ1) is 25.1. The summed E-state index contributed by atoms with van der Waals surface area (Å²) in [7, 11) is 1.33. The third-order valence-electron chi connectivity index (χ3n) is 8.19. The second-order valence-corrected chi connectivity index (χ2v) is 11.2. The van der Waals surface area contributed by atoms with Gasteiger partial charge in [-0.1, -0.05) is 30.7 Å². The van der Waals surface area contributed by atoms with Crippen molar-refractivity contribution in [1.29, 1.82) is 0 Å². The van der Waals surface area contributed by atoms with E-state index in [0.717, 1.165) is 4.90 Å². The number of imide groups is 2. The van der Waals surface area contributed by atoms with Crippen molar-refractivity contribution in [2.24, 2.45) is 17.8 Å². The van der Waals surface area contributed by atoms with Crippen molar-refractivity contribution in [2.75, 3.05) is 20.2 Å². The fraction of sp³-hybridized carbons (Fsp3) is 0.538. The molecular formula is C26H28Cl2N2O6. The van der Waals surface area contributed by atoms with Gasteiger partial charge in [0.2, 0.25) is 11.8 Å². The van der Waals surface area contributed by atoms with Crippen LogP contribution in [0, 0.1) is 17.8 Å². The number of hydrogen-bond acceptors (Lipinski definition) is 6. The number of alkyl halides is 2. The Balaban J connectivity index is 1.73. The van der Waals surface area contributed by atoms with Crippen LogP contribution in [0.25, 0.3) is 0 Å². The summed E-state index contributed by atoms with van der Waals surface area (Å²) in [6.07, 6.45) is 2.70. The van der Waals surface area contributed by atoms with Gasteiger partial charge in [-0.05, 0) is 38.2 Å². The molecule has 0 unspecified atom stereocenters. The highest BCUT2D eigenvalue weighted by molar-refractivity contribution is 6.53. The van der Waals surface area contributed by atoms with Crippen LogP contribution in [0.4, 0.5) is 0 Å². The predicted molar refractivity (Wildman–Crippen MR) is 132 cm³/mol. The minimum absolute atomic E-state index is 0.0681. The monoisotopic (exact) mass is 534 g/mol. The van der Waals surface area contributed by atoms with Gasteiger partial charge in [-0.2, -0.15) is 0 Å². The summed E-state index contributed by atoms with van der Waals surface area (Å²) in [5, 5.41) is 11.2. The van der Waals surface area contributed by atoms with Gasteiger partial charge in [0, 0.05) is 25.1 Å². The molecule has 2 aliphatic heterocycles. The number of para-hydroxylation sites is 1. The molecule has 3 fully saturated rings. The number of ether oxygens (including phenoxy) is 1. The molecule has 0 bridgehead atoms. The van der Waals surface area contributed by atoms with Crippen molar-refractivity contribution in [3.63, 3.8) is 0 Å². The van der Waals surface area contributed by atoms with Crippen LogP contribution >= 0.6 is 23.2 Å². The number of phenols is 1. The van der Waals surface area contributed by atoms with Crippen molar-refractivity contribution in [2.45, 2.75) is 48.8 Å². The quantitative estimate of drug-likeness (QED) is 0.353. The highest BCUT2D eigenvalue weighted by Gasteiger charge is 2.76. The molecular weight excluding hydrogens is 507 g/mol. The molecule has 0 spiro atoms. The smallest absolute Gasteiger partial charge is 0.253 e. The molecule has 2 saturated heterocycles. The number of carbonyl (C=O) groups excluding carboxylic acids is 4. The molecule has 6 atom stereocenters. The van der Waals surface area contributed by atoms with Gasteiger partial charge in [-0.3, -0.25) is 29.0 Å². The van der Waals surface area contributed by atoms with Gasteiger partial charge >= 0.3 is 0 Å². The van der Waals surface area contributed by atoms with Crippen LogP contribution in [0.15, 0.2) is 29.8 Å². The number of carbonyl (C=O) groups is 4. The fourth-order valence-electron chi connectivity index (χ4n) is 6.64. The number of halogens is 2. The molecule has 10 heteroatoms. The Hall–Kier alpha value is -2.58. The molecule has 1 saturated carbocycles. The molecule has 0 aromatic heterocycles. The third kappa shape index (κ3) is 3.00. The van der Waals surface area contributed by atoms with E-state index in [1.54, 1.807) is 25.1 Å². The SMILES string of the molecule is CCCN1C(=O)[C@H]2[C@H](CC=C3[C@H]2C[C@@]2(Cl)C(=O)N(C)C(=O)[C@@]2(Cl)[C@H]3c2cccc(OCC)c2O)C1=O. The van der Waals surface area contributed by atoms with Crippen LogP contribution in [-0.4, -0.2) is 68.5 Å². The number of nitrogens with zero attached hydrogens (tertiary/aromatic N) is 2. The first-order chi connectivity index (χ1) is 17.0. The number of amides is 4. The Labute approximate surface area is 219 Å². The zero-order valence-electron chi connectivity index (χ0n) is 20.3. The van der Waals surface area contributed by atoms with Crippen molar-refractivity contribution in [3.05, 3.63) is 35.4 Å². The minimum Gasteiger partial charge on any atom is -0.504 e. The lowest BCUT2D eigenvalue weighted by Crippen LogP contribution is -2.60. The van der Waals surface area contributed by atoms with Gasteiger partial charge in [0.25, 0.3) is 11.8 Å².